The quantitative estimate of drug-likeness (QED) is 0.489. The van der Waals surface area contributed by atoms with Gasteiger partial charge in [0.2, 0.25) is 0 Å². The molecule has 2 aromatic heterocycles. The largest absolute Gasteiger partial charge is 0.395 e. The smallest absolute Gasteiger partial charge is 0.253 e. The van der Waals surface area contributed by atoms with Crippen LogP contribution in [-0.4, -0.2) is 52.2 Å². The third-order valence-corrected chi connectivity index (χ3v) is 5.61. The first-order valence-corrected chi connectivity index (χ1v) is 10.4. The Morgan fingerprint density at radius 1 is 1.26 bits per heavy atom. The summed E-state index contributed by atoms with van der Waals surface area (Å²) in [5.41, 5.74) is 5.63. The minimum absolute atomic E-state index is 0.0117. The summed E-state index contributed by atoms with van der Waals surface area (Å²) in [6, 6.07) is 7.76. The number of benzene rings is 1. The summed E-state index contributed by atoms with van der Waals surface area (Å²) in [5.74, 6) is 0.818. The van der Waals surface area contributed by atoms with Crippen LogP contribution in [0.2, 0.25) is 0 Å². The summed E-state index contributed by atoms with van der Waals surface area (Å²) in [5, 5.41) is 12.4. The van der Waals surface area contributed by atoms with Crippen LogP contribution in [0.25, 0.3) is 22.3 Å². The van der Waals surface area contributed by atoms with Crippen molar-refractivity contribution in [3.05, 3.63) is 66.5 Å². The first-order chi connectivity index (χ1) is 15.1. The number of H-pyrrole nitrogens is 1. The first-order valence-electron chi connectivity index (χ1n) is 10.4. The molecule has 0 fully saturated rings. The van der Waals surface area contributed by atoms with Gasteiger partial charge in [0.15, 0.2) is 5.82 Å². The normalized spacial score (nSPS) is 15.4. The van der Waals surface area contributed by atoms with Crippen molar-refractivity contribution in [3.63, 3.8) is 0 Å². The molecule has 1 unspecified atom stereocenters. The van der Waals surface area contributed by atoms with Gasteiger partial charge in [-0.3, -0.25) is 4.79 Å². The number of aromatic nitrogens is 3. The van der Waals surface area contributed by atoms with E-state index in [4.69, 9.17) is 9.97 Å². The molecule has 0 bridgehead atoms. The molecule has 1 amide bonds. The van der Waals surface area contributed by atoms with Crippen molar-refractivity contribution < 1.29 is 9.90 Å². The highest BCUT2D eigenvalue weighted by Gasteiger charge is 2.28. The van der Waals surface area contributed by atoms with Crippen LogP contribution in [0.15, 0.2) is 49.6 Å². The number of para-hydroxylation sites is 1. The van der Waals surface area contributed by atoms with E-state index in [1.807, 2.05) is 42.2 Å². The number of aromatic amines is 1. The van der Waals surface area contributed by atoms with Crippen molar-refractivity contribution in [1.82, 2.24) is 20.3 Å². The van der Waals surface area contributed by atoms with Crippen LogP contribution in [0, 0.1) is 6.92 Å². The van der Waals surface area contributed by atoms with Gasteiger partial charge in [0.1, 0.15) is 5.52 Å². The van der Waals surface area contributed by atoms with Gasteiger partial charge in [0, 0.05) is 42.5 Å². The van der Waals surface area contributed by atoms with Crippen LogP contribution in [0.1, 0.15) is 34.1 Å². The van der Waals surface area contributed by atoms with Crippen LogP contribution < -0.4 is 10.2 Å². The van der Waals surface area contributed by atoms with Crippen LogP contribution in [-0.2, 0) is 0 Å². The number of allylic oxidation sites excluding steroid dienone is 1. The van der Waals surface area contributed by atoms with E-state index >= 15 is 0 Å². The number of fused-ring (bicyclic) bond motifs is 2. The lowest BCUT2D eigenvalue weighted by atomic mass is 9.94. The topological polar surface area (TPSA) is 94.1 Å². The third-order valence-electron chi connectivity index (χ3n) is 5.61. The SMILES string of the molecule is C=CCC1CNC(=O)c2cc(-c3cccc4nc(C)c(N(CC=C)CCO)nc34)[nH]c21. The maximum Gasteiger partial charge on any atom is 0.253 e. The number of amides is 1. The molecule has 3 N–H and O–H groups in total. The molecule has 0 spiro atoms. The number of carbonyl (C=O) groups excluding carboxylic acids is 1. The summed E-state index contributed by atoms with van der Waals surface area (Å²) < 4.78 is 0. The standard InChI is InChI=1S/C24H27N5O2/c1-4-7-16-14-25-24(31)18-13-20(27-21(16)18)17-8-6-9-19-22(17)28-23(15(3)26-19)29(10-5-2)11-12-30/h4-6,8-9,13,16,27,30H,1-2,7,10-12,14H2,3H3,(H,25,31). The van der Waals surface area contributed by atoms with Gasteiger partial charge in [-0.05, 0) is 25.5 Å². The Bertz CT molecular complexity index is 1150. The number of anilines is 1. The van der Waals surface area contributed by atoms with Crippen LogP contribution in [0.4, 0.5) is 5.82 Å². The zero-order chi connectivity index (χ0) is 22.0. The zero-order valence-electron chi connectivity index (χ0n) is 17.7. The molecule has 0 radical (unpaired) electrons. The van der Waals surface area contributed by atoms with Crippen molar-refractivity contribution in [2.75, 3.05) is 31.1 Å². The molecule has 1 aliphatic rings. The fourth-order valence-corrected chi connectivity index (χ4v) is 4.17. The van der Waals surface area contributed by atoms with E-state index in [0.717, 1.165) is 40.1 Å². The Labute approximate surface area is 181 Å². The van der Waals surface area contributed by atoms with E-state index in [9.17, 15) is 9.90 Å². The lowest BCUT2D eigenvalue weighted by Crippen LogP contribution is -2.34. The van der Waals surface area contributed by atoms with Crippen LogP contribution in [0.5, 0.6) is 0 Å². The maximum absolute atomic E-state index is 12.5. The Morgan fingerprint density at radius 2 is 2.10 bits per heavy atom. The highest BCUT2D eigenvalue weighted by molar-refractivity contribution is 6.00. The number of nitrogens with one attached hydrogen (secondary N) is 2. The number of hydrogen-bond acceptors (Lipinski definition) is 5. The number of aryl methyl sites for hydroxylation is 1. The van der Waals surface area contributed by atoms with Crippen molar-refractivity contribution in [1.29, 1.82) is 0 Å². The van der Waals surface area contributed by atoms with Gasteiger partial charge in [-0.15, -0.1) is 13.2 Å². The highest BCUT2D eigenvalue weighted by Crippen LogP contribution is 2.34. The fourth-order valence-electron chi connectivity index (χ4n) is 4.17. The average molecular weight is 418 g/mol. The number of rotatable bonds is 8. The van der Waals surface area contributed by atoms with E-state index in [0.29, 0.717) is 31.0 Å². The molecule has 4 rings (SSSR count). The van der Waals surface area contributed by atoms with Gasteiger partial charge in [-0.2, -0.15) is 0 Å². The number of carbonyl (C=O) groups is 1. The second-order valence-electron chi connectivity index (χ2n) is 7.71. The molecule has 0 aliphatic carbocycles. The Kier molecular flexibility index (Phi) is 5.86. The number of aliphatic hydroxyl groups excluding tert-OH is 1. The molecule has 0 saturated carbocycles. The zero-order valence-corrected chi connectivity index (χ0v) is 17.7. The summed E-state index contributed by atoms with van der Waals surface area (Å²) >= 11 is 0. The first kappa shape index (κ1) is 20.8. The second kappa shape index (κ2) is 8.73. The van der Waals surface area contributed by atoms with E-state index in [1.165, 1.54) is 0 Å². The highest BCUT2D eigenvalue weighted by atomic mass is 16.3. The maximum atomic E-state index is 12.5. The Balaban J connectivity index is 1.86. The van der Waals surface area contributed by atoms with Crippen molar-refractivity contribution in [2.45, 2.75) is 19.3 Å². The molecule has 3 aromatic rings. The molecule has 7 heteroatoms. The van der Waals surface area contributed by atoms with E-state index in [1.54, 1.807) is 6.08 Å². The molecular weight excluding hydrogens is 390 g/mol. The van der Waals surface area contributed by atoms with Crippen LogP contribution >= 0.6 is 0 Å². The van der Waals surface area contributed by atoms with E-state index in [-0.39, 0.29) is 18.4 Å². The van der Waals surface area contributed by atoms with Gasteiger partial charge >= 0.3 is 0 Å². The molecule has 1 aromatic carbocycles. The minimum atomic E-state index is -0.0687. The van der Waals surface area contributed by atoms with Gasteiger partial charge in [0.05, 0.1) is 23.4 Å². The van der Waals surface area contributed by atoms with Gasteiger partial charge in [-0.25, -0.2) is 9.97 Å². The average Bonchev–Trinajstić information content (AvgIpc) is 3.21. The second-order valence-corrected chi connectivity index (χ2v) is 7.71. The molecular formula is C24H27N5O2. The number of hydrogen-bond donors (Lipinski definition) is 3. The van der Waals surface area contributed by atoms with E-state index in [2.05, 4.69) is 23.5 Å². The monoisotopic (exact) mass is 417 g/mol. The summed E-state index contributed by atoms with van der Waals surface area (Å²) in [6.07, 6.45) is 4.44. The van der Waals surface area contributed by atoms with Gasteiger partial charge in [0.25, 0.3) is 5.91 Å². The number of aliphatic hydroxyl groups is 1. The lowest BCUT2D eigenvalue weighted by molar-refractivity contribution is 0.0940. The van der Waals surface area contributed by atoms with Gasteiger partial charge in [-0.1, -0.05) is 24.3 Å². The van der Waals surface area contributed by atoms with Crippen molar-refractivity contribution >= 4 is 22.8 Å². The molecule has 1 atom stereocenters. The molecule has 160 valence electrons. The molecule has 1 aliphatic heterocycles. The summed E-state index contributed by atoms with van der Waals surface area (Å²) in [6.45, 7) is 11.2. The Morgan fingerprint density at radius 3 is 2.84 bits per heavy atom. The predicted molar refractivity (Wildman–Crippen MR) is 123 cm³/mol. The number of nitrogens with zero attached hydrogens (tertiary/aromatic N) is 3. The minimum Gasteiger partial charge on any atom is -0.395 e. The molecule has 31 heavy (non-hydrogen) atoms. The van der Waals surface area contributed by atoms with Gasteiger partial charge < -0.3 is 20.3 Å². The summed E-state index contributed by atoms with van der Waals surface area (Å²) in [7, 11) is 0. The fraction of sp³-hybridized carbons (Fsp3) is 0.292. The molecule has 0 saturated heterocycles. The molecule has 3 heterocycles. The van der Waals surface area contributed by atoms with Crippen LogP contribution in [0.3, 0.4) is 0 Å². The van der Waals surface area contributed by atoms with Crippen molar-refractivity contribution in [2.24, 2.45) is 0 Å². The van der Waals surface area contributed by atoms with E-state index < -0.39 is 0 Å². The summed E-state index contributed by atoms with van der Waals surface area (Å²) in [4.78, 5) is 27.6. The van der Waals surface area contributed by atoms with Crippen molar-refractivity contribution in [3.8, 4) is 11.3 Å². The lowest BCUT2D eigenvalue weighted by Gasteiger charge is -2.23. The molecule has 7 nitrogen and oxygen atoms in total. The Hall–Kier alpha value is -3.45. The predicted octanol–water partition coefficient (Wildman–Crippen LogP) is 3.32. The third kappa shape index (κ3) is 3.84.